The molecule has 7 nitrogen and oxygen atoms in total. The van der Waals surface area contributed by atoms with Crippen LogP contribution in [0.5, 0.6) is 0 Å². The maximum Gasteiger partial charge on any atom is 0.227 e. The van der Waals surface area contributed by atoms with Gasteiger partial charge in [-0.15, -0.1) is 0 Å². The third-order valence-corrected chi connectivity index (χ3v) is 6.08. The number of amides is 1. The molecule has 1 atom stereocenters. The van der Waals surface area contributed by atoms with E-state index in [1.165, 1.54) is 5.56 Å². The first kappa shape index (κ1) is 23.5. The third kappa shape index (κ3) is 6.94. The monoisotopic (exact) mass is 429 g/mol. The normalized spacial score (nSPS) is 18.2. The SMILES string of the molecule is CN=C(NCCCC(=O)N1CCc2ccccc21)NCC(CC(C)C)N1CCOCC1. The summed E-state index contributed by atoms with van der Waals surface area (Å²) in [4.78, 5) is 21.5. The summed E-state index contributed by atoms with van der Waals surface area (Å²) in [5.74, 6) is 1.66. The number of fused-ring (bicyclic) bond motifs is 1. The topological polar surface area (TPSA) is 69.2 Å². The number of anilines is 1. The van der Waals surface area contributed by atoms with E-state index in [9.17, 15) is 4.79 Å². The van der Waals surface area contributed by atoms with E-state index in [1.54, 1.807) is 7.05 Å². The fourth-order valence-electron chi connectivity index (χ4n) is 4.46. The van der Waals surface area contributed by atoms with Gasteiger partial charge in [0.15, 0.2) is 5.96 Å². The van der Waals surface area contributed by atoms with Gasteiger partial charge in [0.2, 0.25) is 5.91 Å². The lowest BCUT2D eigenvalue weighted by Crippen LogP contribution is -2.51. The summed E-state index contributed by atoms with van der Waals surface area (Å²) in [6.45, 7) is 10.6. The standard InChI is InChI=1S/C24H39N5O2/c1-19(2)17-21(28-13-15-31-16-14-28)18-27-24(25-3)26-11-6-9-23(30)29-12-10-20-7-4-5-8-22(20)29/h4-5,7-8,19,21H,6,9-18H2,1-3H3,(H2,25,26,27). The highest BCUT2D eigenvalue weighted by molar-refractivity contribution is 5.95. The number of aliphatic imine (C=N–C) groups is 1. The van der Waals surface area contributed by atoms with Gasteiger partial charge < -0.3 is 20.3 Å². The molecule has 1 saturated heterocycles. The van der Waals surface area contributed by atoms with Crippen LogP contribution in [0.4, 0.5) is 5.69 Å². The number of carbonyl (C=O) groups is 1. The minimum atomic E-state index is 0.207. The number of nitrogens with zero attached hydrogens (tertiary/aromatic N) is 3. The van der Waals surface area contributed by atoms with Crippen LogP contribution in [0, 0.1) is 5.92 Å². The van der Waals surface area contributed by atoms with Crippen molar-refractivity contribution in [1.29, 1.82) is 0 Å². The van der Waals surface area contributed by atoms with Crippen molar-refractivity contribution >= 4 is 17.6 Å². The van der Waals surface area contributed by atoms with E-state index in [-0.39, 0.29) is 5.91 Å². The van der Waals surface area contributed by atoms with Crippen LogP contribution in [-0.2, 0) is 16.0 Å². The Morgan fingerprint density at radius 3 is 2.68 bits per heavy atom. The van der Waals surface area contributed by atoms with Gasteiger partial charge in [0, 0.05) is 57.9 Å². The number of carbonyl (C=O) groups excluding carboxylic acids is 1. The van der Waals surface area contributed by atoms with Crippen LogP contribution < -0.4 is 15.5 Å². The zero-order chi connectivity index (χ0) is 22.1. The van der Waals surface area contributed by atoms with Crippen LogP contribution in [0.25, 0.3) is 0 Å². The molecule has 0 aliphatic carbocycles. The Labute approximate surface area is 187 Å². The fraction of sp³-hybridized carbons (Fsp3) is 0.667. The summed E-state index contributed by atoms with van der Waals surface area (Å²) >= 11 is 0. The van der Waals surface area contributed by atoms with Gasteiger partial charge in [-0.2, -0.15) is 0 Å². The van der Waals surface area contributed by atoms with Gasteiger partial charge in [0.05, 0.1) is 13.2 Å². The first-order chi connectivity index (χ1) is 15.1. The molecule has 2 N–H and O–H groups in total. The molecule has 1 aromatic carbocycles. The smallest absolute Gasteiger partial charge is 0.227 e. The van der Waals surface area contributed by atoms with Gasteiger partial charge in [-0.3, -0.25) is 14.7 Å². The van der Waals surface area contributed by atoms with Gasteiger partial charge in [-0.25, -0.2) is 0 Å². The van der Waals surface area contributed by atoms with Crippen LogP contribution in [0.3, 0.4) is 0 Å². The van der Waals surface area contributed by atoms with Gasteiger partial charge in [0.25, 0.3) is 0 Å². The van der Waals surface area contributed by atoms with Crippen LogP contribution in [-0.4, -0.2) is 75.8 Å². The molecule has 3 rings (SSSR count). The highest BCUT2D eigenvalue weighted by Crippen LogP contribution is 2.27. The Balaban J connectivity index is 1.39. The summed E-state index contributed by atoms with van der Waals surface area (Å²) in [6, 6.07) is 8.68. The summed E-state index contributed by atoms with van der Waals surface area (Å²) in [7, 11) is 1.80. The van der Waals surface area contributed by atoms with Crippen molar-refractivity contribution in [2.45, 2.75) is 45.6 Å². The Kier molecular flexibility index (Phi) is 9.15. The number of ether oxygens (including phenoxy) is 1. The van der Waals surface area contributed by atoms with E-state index in [4.69, 9.17) is 4.74 Å². The van der Waals surface area contributed by atoms with E-state index >= 15 is 0 Å². The van der Waals surface area contributed by atoms with Crippen molar-refractivity contribution in [2.24, 2.45) is 10.9 Å². The molecule has 0 bridgehead atoms. The maximum atomic E-state index is 12.7. The van der Waals surface area contributed by atoms with Crippen LogP contribution in [0.2, 0.25) is 0 Å². The molecular formula is C24H39N5O2. The molecule has 2 heterocycles. The Hall–Kier alpha value is -2.12. The molecule has 0 saturated carbocycles. The lowest BCUT2D eigenvalue weighted by atomic mass is 10.0. The predicted octanol–water partition coefficient (Wildman–Crippen LogP) is 2.27. The van der Waals surface area contributed by atoms with Crippen molar-refractivity contribution in [2.75, 3.05) is 57.9 Å². The molecular weight excluding hydrogens is 390 g/mol. The quantitative estimate of drug-likeness (QED) is 0.358. The Bertz CT molecular complexity index is 730. The first-order valence-electron chi connectivity index (χ1n) is 11.7. The number of benzene rings is 1. The van der Waals surface area contributed by atoms with Gasteiger partial charge >= 0.3 is 0 Å². The third-order valence-electron chi connectivity index (χ3n) is 6.08. The summed E-state index contributed by atoms with van der Waals surface area (Å²) in [5, 5.41) is 6.86. The second-order valence-corrected chi connectivity index (χ2v) is 8.84. The highest BCUT2D eigenvalue weighted by atomic mass is 16.5. The Morgan fingerprint density at radius 1 is 1.16 bits per heavy atom. The number of hydrogen-bond donors (Lipinski definition) is 2. The van der Waals surface area contributed by atoms with Crippen LogP contribution in [0.15, 0.2) is 29.3 Å². The average Bonchev–Trinajstić information content (AvgIpc) is 3.22. The molecule has 2 aliphatic rings. The first-order valence-corrected chi connectivity index (χ1v) is 11.7. The number of morpholine rings is 1. The molecule has 1 unspecified atom stereocenters. The fourth-order valence-corrected chi connectivity index (χ4v) is 4.46. The van der Waals surface area contributed by atoms with Gasteiger partial charge in [-0.05, 0) is 36.8 Å². The lowest BCUT2D eigenvalue weighted by molar-refractivity contribution is -0.118. The predicted molar refractivity (Wildman–Crippen MR) is 127 cm³/mol. The highest BCUT2D eigenvalue weighted by Gasteiger charge is 2.24. The molecule has 7 heteroatoms. The number of nitrogens with one attached hydrogen (secondary N) is 2. The second-order valence-electron chi connectivity index (χ2n) is 8.84. The largest absolute Gasteiger partial charge is 0.379 e. The Morgan fingerprint density at radius 2 is 1.94 bits per heavy atom. The van der Waals surface area contributed by atoms with E-state index in [0.717, 1.165) is 76.8 Å². The molecule has 1 amide bonds. The van der Waals surface area contributed by atoms with Crippen molar-refractivity contribution < 1.29 is 9.53 Å². The van der Waals surface area contributed by atoms with Crippen molar-refractivity contribution in [1.82, 2.24) is 15.5 Å². The number of guanidine groups is 1. The van der Waals surface area contributed by atoms with E-state index in [1.807, 2.05) is 23.1 Å². The summed E-state index contributed by atoms with van der Waals surface area (Å²) in [5.41, 5.74) is 2.35. The summed E-state index contributed by atoms with van der Waals surface area (Å²) in [6.07, 6.45) is 3.44. The average molecular weight is 430 g/mol. The van der Waals surface area contributed by atoms with Gasteiger partial charge in [-0.1, -0.05) is 32.0 Å². The van der Waals surface area contributed by atoms with E-state index in [2.05, 4.69) is 40.4 Å². The zero-order valence-corrected chi connectivity index (χ0v) is 19.4. The molecule has 0 spiro atoms. The molecule has 2 aliphatic heterocycles. The number of rotatable bonds is 9. The molecule has 0 aromatic heterocycles. The maximum absolute atomic E-state index is 12.7. The molecule has 0 radical (unpaired) electrons. The van der Waals surface area contributed by atoms with Crippen molar-refractivity contribution in [3.63, 3.8) is 0 Å². The summed E-state index contributed by atoms with van der Waals surface area (Å²) < 4.78 is 5.51. The minimum absolute atomic E-state index is 0.207. The molecule has 31 heavy (non-hydrogen) atoms. The van der Waals surface area contributed by atoms with Crippen molar-refractivity contribution in [3.8, 4) is 0 Å². The molecule has 172 valence electrons. The molecule has 1 aromatic rings. The van der Waals surface area contributed by atoms with Crippen molar-refractivity contribution in [3.05, 3.63) is 29.8 Å². The number of para-hydroxylation sites is 1. The van der Waals surface area contributed by atoms with Gasteiger partial charge in [0.1, 0.15) is 0 Å². The van der Waals surface area contributed by atoms with Crippen LogP contribution >= 0.6 is 0 Å². The van der Waals surface area contributed by atoms with Crippen LogP contribution in [0.1, 0.15) is 38.7 Å². The van der Waals surface area contributed by atoms with E-state index < -0.39 is 0 Å². The molecule has 1 fully saturated rings. The number of hydrogen-bond acceptors (Lipinski definition) is 4. The minimum Gasteiger partial charge on any atom is -0.379 e. The lowest BCUT2D eigenvalue weighted by Gasteiger charge is -2.35. The zero-order valence-electron chi connectivity index (χ0n) is 19.4. The second kappa shape index (κ2) is 12.1. The van der Waals surface area contributed by atoms with E-state index in [0.29, 0.717) is 18.4 Å².